The minimum absolute atomic E-state index is 0.0107. The second-order valence-electron chi connectivity index (χ2n) is 5.61. The first-order chi connectivity index (χ1) is 11.1. The van der Waals surface area contributed by atoms with Crippen molar-refractivity contribution in [2.45, 2.75) is 17.4 Å². The topological polar surface area (TPSA) is 66.5 Å². The number of rotatable bonds is 4. The maximum atomic E-state index is 12.5. The zero-order valence-electron chi connectivity index (χ0n) is 12.7. The lowest BCUT2D eigenvalue weighted by Crippen LogP contribution is -2.38. The zero-order chi connectivity index (χ0) is 16.3. The van der Waals surface area contributed by atoms with Crippen molar-refractivity contribution in [3.05, 3.63) is 29.8 Å². The van der Waals surface area contributed by atoms with Gasteiger partial charge in [-0.3, -0.25) is 4.79 Å². The first-order valence-electron chi connectivity index (χ1n) is 7.63. The first-order valence-corrected chi connectivity index (χ1v) is 11.4. The van der Waals surface area contributed by atoms with Crippen molar-refractivity contribution < 1.29 is 13.2 Å². The van der Waals surface area contributed by atoms with Crippen LogP contribution in [0.2, 0.25) is 0 Å². The largest absolute Gasteiger partial charge is 0.337 e. The summed E-state index contributed by atoms with van der Waals surface area (Å²) < 4.78 is 27.7. The van der Waals surface area contributed by atoms with Crippen LogP contribution in [0.4, 0.5) is 0 Å². The lowest BCUT2D eigenvalue weighted by molar-refractivity contribution is 0.0772. The fourth-order valence-electron chi connectivity index (χ4n) is 2.66. The van der Waals surface area contributed by atoms with Crippen molar-refractivity contribution in [1.29, 1.82) is 0 Å². The molecule has 1 N–H and O–H groups in total. The predicted molar refractivity (Wildman–Crippen MR) is 95.7 cm³/mol. The van der Waals surface area contributed by atoms with Gasteiger partial charge in [0.15, 0.2) is 0 Å². The Morgan fingerprint density at radius 2 is 1.96 bits per heavy atom. The number of carbonyl (C=O) groups is 1. The molecule has 126 valence electrons. The Bertz CT molecular complexity index is 666. The van der Waals surface area contributed by atoms with Crippen molar-refractivity contribution in [2.24, 2.45) is 0 Å². The Hall–Kier alpha value is -0.700. The third-order valence-corrected chi connectivity index (χ3v) is 7.56. The van der Waals surface area contributed by atoms with Gasteiger partial charge in [-0.25, -0.2) is 13.1 Å². The van der Waals surface area contributed by atoms with E-state index in [1.165, 1.54) is 6.07 Å². The molecule has 1 aromatic carbocycles. The van der Waals surface area contributed by atoms with E-state index in [-0.39, 0.29) is 16.8 Å². The molecule has 23 heavy (non-hydrogen) atoms. The van der Waals surface area contributed by atoms with E-state index in [4.69, 9.17) is 0 Å². The summed E-state index contributed by atoms with van der Waals surface area (Å²) in [5.74, 6) is 3.58. The summed E-state index contributed by atoms with van der Waals surface area (Å²) in [5.41, 5.74) is 0.445. The molecule has 0 unspecified atom stereocenters. The quantitative estimate of drug-likeness (QED) is 0.871. The molecule has 3 rings (SSSR count). The molecule has 1 aromatic rings. The molecule has 2 aliphatic heterocycles. The van der Waals surface area contributed by atoms with Crippen LogP contribution in [0.3, 0.4) is 0 Å². The number of thioether (sulfide) groups is 2. The standard InChI is InChI=1S/C15H20N2O3S3/c18-15(17-5-8-21-9-6-17)12-2-1-3-14(10-12)23(19,20)16-13-4-7-22-11-13/h1-3,10,13,16H,4-9,11H2/t13-/m1/s1. The third-order valence-electron chi connectivity index (χ3n) is 3.94. The molecule has 2 fully saturated rings. The highest BCUT2D eigenvalue weighted by Gasteiger charge is 2.25. The Labute approximate surface area is 145 Å². The van der Waals surface area contributed by atoms with Crippen LogP contribution in [0.15, 0.2) is 29.2 Å². The SMILES string of the molecule is O=C(c1cccc(S(=O)(=O)N[C@@H]2CCSC2)c1)N1CCSCC1. The van der Waals surface area contributed by atoms with Crippen LogP contribution in [0.5, 0.6) is 0 Å². The maximum absolute atomic E-state index is 12.5. The summed E-state index contributed by atoms with van der Waals surface area (Å²) in [6.45, 7) is 1.44. The van der Waals surface area contributed by atoms with Crippen LogP contribution in [0.25, 0.3) is 0 Å². The van der Waals surface area contributed by atoms with Gasteiger partial charge >= 0.3 is 0 Å². The van der Waals surface area contributed by atoms with Crippen LogP contribution in [0.1, 0.15) is 16.8 Å². The van der Waals surface area contributed by atoms with Crippen LogP contribution < -0.4 is 4.72 Å². The molecule has 0 bridgehead atoms. The lowest BCUT2D eigenvalue weighted by atomic mass is 10.2. The molecule has 1 amide bonds. The summed E-state index contributed by atoms with van der Waals surface area (Å²) in [5, 5.41) is 0. The van der Waals surface area contributed by atoms with Crippen molar-refractivity contribution in [1.82, 2.24) is 9.62 Å². The van der Waals surface area contributed by atoms with Gasteiger partial charge in [-0.15, -0.1) is 0 Å². The van der Waals surface area contributed by atoms with E-state index in [1.807, 2.05) is 11.8 Å². The van der Waals surface area contributed by atoms with Gasteiger partial charge in [0.1, 0.15) is 0 Å². The summed E-state index contributed by atoms with van der Waals surface area (Å²) >= 11 is 3.59. The minimum atomic E-state index is -3.57. The Morgan fingerprint density at radius 3 is 2.65 bits per heavy atom. The minimum Gasteiger partial charge on any atom is -0.337 e. The maximum Gasteiger partial charge on any atom is 0.253 e. The molecular formula is C15H20N2O3S3. The molecule has 0 spiro atoms. The zero-order valence-corrected chi connectivity index (χ0v) is 15.2. The number of sulfonamides is 1. The smallest absolute Gasteiger partial charge is 0.253 e. The van der Waals surface area contributed by atoms with Crippen LogP contribution >= 0.6 is 23.5 Å². The molecule has 0 radical (unpaired) electrons. The summed E-state index contributed by atoms with van der Waals surface area (Å²) in [6, 6.07) is 6.36. The van der Waals surface area contributed by atoms with Crippen LogP contribution in [0, 0.1) is 0 Å². The van der Waals surface area contributed by atoms with Gasteiger partial charge in [0, 0.05) is 42.0 Å². The molecular weight excluding hydrogens is 352 g/mol. The van der Waals surface area contributed by atoms with Crippen LogP contribution in [-0.2, 0) is 10.0 Å². The Balaban J connectivity index is 1.77. The third kappa shape index (κ3) is 4.23. The van der Waals surface area contributed by atoms with E-state index in [2.05, 4.69) is 4.72 Å². The van der Waals surface area contributed by atoms with Crippen molar-refractivity contribution in [3.63, 3.8) is 0 Å². The highest BCUT2D eigenvalue weighted by atomic mass is 32.2. The van der Waals surface area contributed by atoms with Gasteiger partial charge in [0.2, 0.25) is 10.0 Å². The molecule has 0 aromatic heterocycles. The van der Waals surface area contributed by atoms with Crippen molar-refractivity contribution in [2.75, 3.05) is 36.1 Å². The van der Waals surface area contributed by atoms with Crippen molar-refractivity contribution >= 4 is 39.5 Å². The number of hydrogen-bond donors (Lipinski definition) is 1. The van der Waals surface area contributed by atoms with E-state index in [1.54, 1.807) is 34.9 Å². The summed E-state index contributed by atoms with van der Waals surface area (Å²) in [4.78, 5) is 14.5. The van der Waals surface area contributed by atoms with Crippen LogP contribution in [-0.4, -0.2) is 61.4 Å². The highest BCUT2D eigenvalue weighted by Crippen LogP contribution is 2.21. The average molecular weight is 373 g/mol. The number of hydrogen-bond acceptors (Lipinski definition) is 5. The van der Waals surface area contributed by atoms with Gasteiger partial charge in [0.25, 0.3) is 5.91 Å². The van der Waals surface area contributed by atoms with E-state index >= 15 is 0 Å². The van der Waals surface area contributed by atoms with Gasteiger partial charge in [0.05, 0.1) is 4.90 Å². The Morgan fingerprint density at radius 1 is 1.17 bits per heavy atom. The predicted octanol–water partition coefficient (Wildman–Crippen LogP) is 1.66. The highest BCUT2D eigenvalue weighted by molar-refractivity contribution is 7.99. The summed E-state index contributed by atoms with van der Waals surface area (Å²) in [6.07, 6.45) is 0.855. The number of nitrogens with zero attached hydrogens (tertiary/aromatic N) is 1. The average Bonchev–Trinajstić information content (AvgIpc) is 3.07. The normalized spacial score (nSPS) is 22.3. The molecule has 1 atom stereocenters. The second-order valence-corrected chi connectivity index (χ2v) is 9.70. The monoisotopic (exact) mass is 372 g/mol. The molecule has 2 heterocycles. The molecule has 8 heteroatoms. The van der Waals surface area contributed by atoms with E-state index < -0.39 is 10.0 Å². The van der Waals surface area contributed by atoms with Crippen molar-refractivity contribution in [3.8, 4) is 0 Å². The fourth-order valence-corrected chi connectivity index (χ4v) is 6.14. The van der Waals surface area contributed by atoms with Gasteiger partial charge in [-0.2, -0.15) is 23.5 Å². The Kier molecular flexibility index (Phi) is 5.56. The number of carbonyl (C=O) groups excluding carboxylic acids is 1. The van der Waals surface area contributed by atoms with Gasteiger partial charge < -0.3 is 4.90 Å². The summed E-state index contributed by atoms with van der Waals surface area (Å²) in [7, 11) is -3.57. The number of nitrogens with one attached hydrogen (secondary N) is 1. The second kappa shape index (κ2) is 7.46. The lowest BCUT2D eigenvalue weighted by Gasteiger charge is -2.26. The molecule has 2 aliphatic rings. The van der Waals surface area contributed by atoms with E-state index in [0.29, 0.717) is 5.56 Å². The van der Waals surface area contributed by atoms with E-state index in [0.717, 1.165) is 42.5 Å². The number of benzene rings is 1. The van der Waals surface area contributed by atoms with Gasteiger partial charge in [-0.1, -0.05) is 6.07 Å². The first kappa shape index (κ1) is 17.1. The fraction of sp³-hybridized carbons (Fsp3) is 0.533. The molecule has 2 saturated heterocycles. The van der Waals surface area contributed by atoms with Gasteiger partial charge in [-0.05, 0) is 30.4 Å². The molecule has 5 nitrogen and oxygen atoms in total. The molecule has 0 aliphatic carbocycles. The number of amides is 1. The molecule has 0 saturated carbocycles. The van der Waals surface area contributed by atoms with E-state index in [9.17, 15) is 13.2 Å².